The molecule has 0 saturated heterocycles. The Morgan fingerprint density at radius 1 is 1.19 bits per heavy atom. The van der Waals surface area contributed by atoms with E-state index in [9.17, 15) is 9.50 Å². The maximum atomic E-state index is 14.1. The van der Waals surface area contributed by atoms with E-state index in [1.807, 2.05) is 26.2 Å². The Balaban J connectivity index is 1.58. The van der Waals surface area contributed by atoms with E-state index >= 15 is 0 Å². The lowest BCUT2D eigenvalue weighted by Crippen LogP contribution is -2.57. The van der Waals surface area contributed by atoms with Crippen LogP contribution in [0.1, 0.15) is 36.1 Å². The van der Waals surface area contributed by atoms with E-state index in [1.165, 1.54) is 28.8 Å². The summed E-state index contributed by atoms with van der Waals surface area (Å²) in [7, 11) is 5.76. The van der Waals surface area contributed by atoms with Gasteiger partial charge in [0.2, 0.25) is 0 Å². The maximum absolute atomic E-state index is 14.1. The molecule has 2 heterocycles. The molecule has 1 aromatic heterocycles. The van der Waals surface area contributed by atoms with Crippen molar-refractivity contribution in [1.29, 1.82) is 0 Å². The van der Waals surface area contributed by atoms with Gasteiger partial charge in [-0.25, -0.2) is 4.39 Å². The fourth-order valence-electron chi connectivity index (χ4n) is 6.02. The second kappa shape index (κ2) is 7.87. The lowest BCUT2D eigenvalue weighted by atomic mass is 9.62. The monoisotopic (exact) mass is 437 g/mol. The van der Waals surface area contributed by atoms with Gasteiger partial charge in [0.15, 0.2) is 0 Å². The number of nitrogens with zero attached hydrogens (tertiary/aromatic N) is 1. The molecule has 32 heavy (non-hydrogen) atoms. The van der Waals surface area contributed by atoms with Crippen molar-refractivity contribution >= 4 is 10.9 Å². The highest BCUT2D eigenvalue weighted by molar-refractivity contribution is 5.86. The predicted octanol–water partition coefficient (Wildman–Crippen LogP) is 3.91. The summed E-state index contributed by atoms with van der Waals surface area (Å²) in [6, 6.07) is 12.7. The minimum atomic E-state index is -1.06. The quantitative estimate of drug-likeness (QED) is 0.579. The summed E-state index contributed by atoms with van der Waals surface area (Å²) in [5.41, 5.74) is 3.08. The van der Waals surface area contributed by atoms with Crippen molar-refractivity contribution in [2.24, 2.45) is 5.92 Å². The smallest absolute Gasteiger partial charge is 0.123 e. The number of aromatic amines is 1. The average Bonchev–Trinajstić information content (AvgIpc) is 3.15. The number of methoxy groups -OCH3 is 1. The summed E-state index contributed by atoms with van der Waals surface area (Å²) in [5, 5.41) is 16.9. The van der Waals surface area contributed by atoms with Gasteiger partial charge in [-0.2, -0.15) is 0 Å². The molecular weight excluding hydrogens is 405 g/mol. The summed E-state index contributed by atoms with van der Waals surface area (Å²) >= 11 is 0. The molecule has 6 heteroatoms. The fraction of sp³-hybridized carbons (Fsp3) is 0.462. The molecule has 1 aliphatic carbocycles. The third-order valence-electron chi connectivity index (χ3n) is 7.54. The van der Waals surface area contributed by atoms with E-state index in [4.69, 9.17) is 4.74 Å². The van der Waals surface area contributed by atoms with E-state index in [2.05, 4.69) is 27.3 Å². The molecule has 1 fully saturated rings. The van der Waals surface area contributed by atoms with Crippen LogP contribution in [0, 0.1) is 11.7 Å². The number of aliphatic hydroxyl groups is 1. The zero-order valence-electron chi connectivity index (χ0n) is 19.0. The van der Waals surface area contributed by atoms with Gasteiger partial charge in [-0.1, -0.05) is 12.1 Å². The first-order valence-electron chi connectivity index (χ1n) is 11.4. The molecule has 0 amide bonds. The van der Waals surface area contributed by atoms with Gasteiger partial charge in [0.05, 0.1) is 18.2 Å². The highest BCUT2D eigenvalue weighted by atomic mass is 19.1. The lowest BCUT2D eigenvalue weighted by molar-refractivity contribution is -0.0888. The number of halogens is 1. The number of nitrogens with one attached hydrogen (secondary N) is 2. The van der Waals surface area contributed by atoms with Crippen molar-refractivity contribution in [3.63, 3.8) is 0 Å². The fourth-order valence-corrected chi connectivity index (χ4v) is 6.02. The van der Waals surface area contributed by atoms with Gasteiger partial charge in [0.25, 0.3) is 0 Å². The molecule has 3 N–H and O–H groups in total. The number of fused-ring (bicyclic) bond motifs is 4. The molecular formula is C26H32FN3O2. The largest absolute Gasteiger partial charge is 0.497 e. The molecule has 3 unspecified atom stereocenters. The third kappa shape index (κ3) is 3.41. The molecule has 1 aliphatic heterocycles. The van der Waals surface area contributed by atoms with E-state index in [1.54, 1.807) is 13.2 Å². The first kappa shape index (κ1) is 21.4. The van der Waals surface area contributed by atoms with Crippen LogP contribution in [0.2, 0.25) is 0 Å². The number of benzene rings is 2. The summed E-state index contributed by atoms with van der Waals surface area (Å²) in [4.78, 5) is 5.82. The Labute approximate surface area is 188 Å². The Kier molecular flexibility index (Phi) is 5.27. The zero-order valence-corrected chi connectivity index (χ0v) is 19.0. The number of rotatable bonds is 4. The van der Waals surface area contributed by atoms with Crippen LogP contribution in [0.4, 0.5) is 4.39 Å². The minimum Gasteiger partial charge on any atom is -0.497 e. The van der Waals surface area contributed by atoms with E-state index < -0.39 is 5.60 Å². The van der Waals surface area contributed by atoms with Crippen LogP contribution in [-0.4, -0.2) is 49.3 Å². The van der Waals surface area contributed by atoms with Crippen LogP contribution in [0.25, 0.3) is 10.9 Å². The molecule has 1 saturated carbocycles. The third-order valence-corrected chi connectivity index (χ3v) is 7.54. The summed E-state index contributed by atoms with van der Waals surface area (Å²) in [6.45, 7) is 1.62. The van der Waals surface area contributed by atoms with Gasteiger partial charge in [-0.05, 0) is 81.2 Å². The second-order valence-corrected chi connectivity index (χ2v) is 9.75. The number of aromatic nitrogens is 1. The van der Waals surface area contributed by atoms with Gasteiger partial charge in [0, 0.05) is 35.6 Å². The molecule has 5 nitrogen and oxygen atoms in total. The first-order valence-corrected chi connectivity index (χ1v) is 11.4. The topological polar surface area (TPSA) is 60.5 Å². The highest BCUT2D eigenvalue weighted by Crippen LogP contribution is 2.51. The normalized spacial score (nSPS) is 27.8. The van der Waals surface area contributed by atoms with Crippen LogP contribution < -0.4 is 10.1 Å². The van der Waals surface area contributed by atoms with Gasteiger partial charge in [-0.3, -0.25) is 0 Å². The Hall–Kier alpha value is -2.41. The van der Waals surface area contributed by atoms with Crippen LogP contribution >= 0.6 is 0 Å². The number of H-pyrrole nitrogens is 1. The van der Waals surface area contributed by atoms with Crippen molar-refractivity contribution in [2.45, 2.75) is 36.8 Å². The number of ether oxygens (including phenoxy) is 1. The Morgan fingerprint density at radius 3 is 2.78 bits per heavy atom. The predicted molar refractivity (Wildman–Crippen MR) is 124 cm³/mol. The molecule has 3 atom stereocenters. The van der Waals surface area contributed by atoms with Crippen LogP contribution in [0.15, 0.2) is 42.5 Å². The first-order chi connectivity index (χ1) is 15.3. The summed E-state index contributed by atoms with van der Waals surface area (Å²) < 4.78 is 19.5. The van der Waals surface area contributed by atoms with Crippen LogP contribution in [0.5, 0.6) is 5.75 Å². The average molecular weight is 438 g/mol. The maximum Gasteiger partial charge on any atom is 0.123 e. The van der Waals surface area contributed by atoms with Crippen LogP contribution in [0.3, 0.4) is 0 Å². The van der Waals surface area contributed by atoms with E-state index in [0.717, 1.165) is 43.6 Å². The summed E-state index contributed by atoms with van der Waals surface area (Å²) in [5.74, 6) is 0.511. The van der Waals surface area contributed by atoms with Gasteiger partial charge in [-0.15, -0.1) is 0 Å². The van der Waals surface area contributed by atoms with Crippen molar-refractivity contribution < 1.29 is 14.2 Å². The van der Waals surface area contributed by atoms with Gasteiger partial charge >= 0.3 is 0 Å². The Morgan fingerprint density at radius 2 is 2.03 bits per heavy atom. The molecule has 3 aromatic rings. The standard InChI is InChI=1S/C26H32FN3O2/c1-30(2)16-18-15-25(10-11-26(18,31)17-5-4-6-19(27)13-17)24-21(9-12-28-25)22-14-20(32-3)7-8-23(22)29-24/h4-8,13-14,18,28-29,31H,9-12,15-16H2,1-3H3. The summed E-state index contributed by atoms with van der Waals surface area (Å²) in [6.07, 6.45) is 3.08. The van der Waals surface area contributed by atoms with Crippen molar-refractivity contribution in [3.8, 4) is 5.75 Å². The molecule has 0 bridgehead atoms. The molecule has 170 valence electrons. The number of hydrogen-bond acceptors (Lipinski definition) is 4. The zero-order chi connectivity index (χ0) is 22.5. The van der Waals surface area contributed by atoms with Crippen LogP contribution in [-0.2, 0) is 17.6 Å². The molecule has 2 aromatic carbocycles. The van der Waals surface area contributed by atoms with E-state index in [-0.39, 0.29) is 17.3 Å². The van der Waals surface area contributed by atoms with Crippen molar-refractivity contribution in [2.75, 3.05) is 34.3 Å². The number of hydrogen-bond donors (Lipinski definition) is 3. The van der Waals surface area contributed by atoms with Crippen molar-refractivity contribution in [1.82, 2.24) is 15.2 Å². The van der Waals surface area contributed by atoms with E-state index in [0.29, 0.717) is 12.0 Å². The minimum absolute atomic E-state index is 0.0487. The lowest BCUT2D eigenvalue weighted by Gasteiger charge is -2.51. The molecule has 2 aliphatic rings. The molecule has 5 rings (SSSR count). The van der Waals surface area contributed by atoms with Gasteiger partial charge in [0.1, 0.15) is 11.6 Å². The Bertz CT molecular complexity index is 1140. The SMILES string of the molecule is COc1ccc2[nH]c3c(c2c1)CCNC31CCC(O)(c2cccc(F)c2)C(CN(C)C)C1. The van der Waals surface area contributed by atoms with Gasteiger partial charge < -0.3 is 25.0 Å². The highest BCUT2D eigenvalue weighted by Gasteiger charge is 2.52. The molecule has 0 radical (unpaired) electrons. The molecule has 1 spiro atoms. The second-order valence-electron chi connectivity index (χ2n) is 9.75. The van der Waals surface area contributed by atoms with Crippen molar-refractivity contribution in [3.05, 3.63) is 65.1 Å².